The van der Waals surface area contributed by atoms with Crippen molar-refractivity contribution >= 4 is 5.91 Å². The van der Waals surface area contributed by atoms with Crippen LogP contribution in [0.25, 0.3) is 0 Å². The van der Waals surface area contributed by atoms with E-state index in [0.29, 0.717) is 0 Å². The van der Waals surface area contributed by atoms with Crippen LogP contribution in [0.4, 0.5) is 8.78 Å². The minimum Gasteiger partial charge on any atom is -0.493 e. The average molecular weight is 335 g/mol. The van der Waals surface area contributed by atoms with Gasteiger partial charge in [0.25, 0.3) is 0 Å². The second kappa shape index (κ2) is 8.29. The SMILES string of the molecule is COc1cc(CNC(=O)Cc2ccc(C)cc2)ccc1OC(F)F. The number of hydrogen-bond donors (Lipinski definition) is 1. The molecule has 0 radical (unpaired) electrons. The number of ether oxygens (including phenoxy) is 2. The van der Waals surface area contributed by atoms with E-state index < -0.39 is 6.61 Å². The van der Waals surface area contributed by atoms with Crippen molar-refractivity contribution in [2.75, 3.05) is 7.11 Å². The summed E-state index contributed by atoms with van der Waals surface area (Å²) in [6.07, 6.45) is 0.282. The normalized spacial score (nSPS) is 10.5. The molecule has 0 heterocycles. The van der Waals surface area contributed by atoms with E-state index in [-0.39, 0.29) is 30.4 Å². The zero-order valence-electron chi connectivity index (χ0n) is 13.5. The molecule has 0 unspecified atom stereocenters. The van der Waals surface area contributed by atoms with Crippen LogP contribution < -0.4 is 14.8 Å². The number of nitrogens with one attached hydrogen (secondary N) is 1. The Morgan fingerprint density at radius 3 is 2.38 bits per heavy atom. The summed E-state index contributed by atoms with van der Waals surface area (Å²) in [5.74, 6) is 0.0357. The summed E-state index contributed by atoms with van der Waals surface area (Å²) < 4.78 is 34.0. The predicted octanol–water partition coefficient (Wildman–Crippen LogP) is 3.46. The molecule has 0 atom stereocenters. The molecule has 2 rings (SSSR count). The smallest absolute Gasteiger partial charge is 0.387 e. The van der Waals surface area contributed by atoms with Gasteiger partial charge >= 0.3 is 6.61 Å². The van der Waals surface area contributed by atoms with Gasteiger partial charge in [-0.05, 0) is 30.2 Å². The van der Waals surface area contributed by atoms with E-state index >= 15 is 0 Å². The second-order valence-electron chi connectivity index (χ2n) is 5.30. The van der Waals surface area contributed by atoms with Gasteiger partial charge in [-0.15, -0.1) is 0 Å². The first-order valence-electron chi connectivity index (χ1n) is 7.42. The van der Waals surface area contributed by atoms with Crippen molar-refractivity contribution in [1.82, 2.24) is 5.32 Å². The average Bonchev–Trinajstić information content (AvgIpc) is 2.55. The first-order chi connectivity index (χ1) is 11.5. The largest absolute Gasteiger partial charge is 0.493 e. The van der Waals surface area contributed by atoms with Gasteiger partial charge in [0.1, 0.15) is 0 Å². The highest BCUT2D eigenvalue weighted by Crippen LogP contribution is 2.29. The lowest BCUT2D eigenvalue weighted by Crippen LogP contribution is -2.24. The van der Waals surface area contributed by atoms with Crippen LogP contribution in [0.2, 0.25) is 0 Å². The Bertz CT molecular complexity index is 687. The maximum atomic E-state index is 12.3. The zero-order chi connectivity index (χ0) is 17.5. The first-order valence-corrected chi connectivity index (χ1v) is 7.42. The van der Waals surface area contributed by atoms with Gasteiger partial charge in [-0.25, -0.2) is 0 Å². The lowest BCUT2D eigenvalue weighted by Gasteiger charge is -2.12. The number of hydrogen-bond acceptors (Lipinski definition) is 3. The van der Waals surface area contributed by atoms with Crippen molar-refractivity contribution in [3.05, 3.63) is 59.2 Å². The van der Waals surface area contributed by atoms with E-state index in [4.69, 9.17) is 4.74 Å². The summed E-state index contributed by atoms with van der Waals surface area (Å²) in [6.45, 7) is -0.659. The molecular weight excluding hydrogens is 316 g/mol. The number of carbonyl (C=O) groups is 1. The number of alkyl halides is 2. The highest BCUT2D eigenvalue weighted by Gasteiger charge is 2.11. The summed E-state index contributed by atoms with van der Waals surface area (Å²) in [4.78, 5) is 12.0. The monoisotopic (exact) mass is 335 g/mol. The van der Waals surface area contributed by atoms with Crippen LogP contribution >= 0.6 is 0 Å². The number of rotatable bonds is 7. The molecule has 0 spiro atoms. The topological polar surface area (TPSA) is 47.6 Å². The Morgan fingerprint density at radius 2 is 1.75 bits per heavy atom. The van der Waals surface area contributed by atoms with E-state index in [1.807, 2.05) is 31.2 Å². The molecule has 1 amide bonds. The maximum Gasteiger partial charge on any atom is 0.387 e. The molecule has 0 aliphatic rings. The molecule has 0 fully saturated rings. The van der Waals surface area contributed by atoms with Crippen LogP contribution in [0, 0.1) is 6.92 Å². The lowest BCUT2D eigenvalue weighted by molar-refractivity contribution is -0.120. The molecule has 0 aliphatic carbocycles. The minimum absolute atomic E-state index is 0.0396. The van der Waals surface area contributed by atoms with Crippen LogP contribution in [0.15, 0.2) is 42.5 Å². The number of halogens is 2. The van der Waals surface area contributed by atoms with Crippen LogP contribution in [0.5, 0.6) is 11.5 Å². The van der Waals surface area contributed by atoms with Gasteiger partial charge in [0.05, 0.1) is 13.5 Å². The fraction of sp³-hybridized carbons (Fsp3) is 0.278. The first kappa shape index (κ1) is 17.7. The van der Waals surface area contributed by atoms with Gasteiger partial charge < -0.3 is 14.8 Å². The maximum absolute atomic E-state index is 12.3. The molecule has 0 saturated heterocycles. The molecule has 0 aromatic heterocycles. The molecule has 4 nitrogen and oxygen atoms in total. The molecule has 6 heteroatoms. The van der Waals surface area contributed by atoms with Crippen LogP contribution in [-0.4, -0.2) is 19.6 Å². The molecule has 128 valence electrons. The van der Waals surface area contributed by atoms with E-state index in [1.54, 1.807) is 12.1 Å². The Hall–Kier alpha value is -2.63. The number of aryl methyl sites for hydroxylation is 1. The molecule has 0 aliphatic heterocycles. The van der Waals surface area contributed by atoms with Crippen molar-refractivity contribution in [1.29, 1.82) is 0 Å². The Morgan fingerprint density at radius 1 is 1.08 bits per heavy atom. The van der Waals surface area contributed by atoms with Gasteiger partial charge in [0, 0.05) is 6.54 Å². The van der Waals surface area contributed by atoms with Crippen molar-refractivity contribution in [2.45, 2.75) is 26.5 Å². The highest BCUT2D eigenvalue weighted by atomic mass is 19.3. The molecule has 2 aromatic rings. The zero-order valence-corrected chi connectivity index (χ0v) is 13.5. The van der Waals surface area contributed by atoms with Gasteiger partial charge in [0.2, 0.25) is 5.91 Å². The number of carbonyl (C=O) groups excluding carboxylic acids is 1. The molecule has 0 saturated carbocycles. The standard InChI is InChI=1S/C18H19F2NO3/c1-12-3-5-13(6-4-12)10-17(22)21-11-14-7-8-15(24-18(19)20)16(9-14)23-2/h3-9,18H,10-11H2,1-2H3,(H,21,22). The van der Waals surface area contributed by atoms with E-state index in [1.165, 1.54) is 13.2 Å². The number of benzene rings is 2. The van der Waals surface area contributed by atoms with Crippen LogP contribution in [0.3, 0.4) is 0 Å². The summed E-state index contributed by atoms with van der Waals surface area (Å²) in [6, 6.07) is 12.3. The van der Waals surface area contributed by atoms with Gasteiger partial charge in [-0.1, -0.05) is 35.9 Å². The molecule has 1 N–H and O–H groups in total. The van der Waals surface area contributed by atoms with E-state index in [2.05, 4.69) is 10.1 Å². The summed E-state index contributed by atoms with van der Waals surface area (Å²) in [5, 5.41) is 2.79. The summed E-state index contributed by atoms with van der Waals surface area (Å²) >= 11 is 0. The minimum atomic E-state index is -2.92. The number of methoxy groups -OCH3 is 1. The van der Waals surface area contributed by atoms with Crippen molar-refractivity contribution in [3.8, 4) is 11.5 Å². The number of amides is 1. The predicted molar refractivity (Wildman–Crippen MR) is 86.4 cm³/mol. The molecular formula is C18H19F2NO3. The third-order valence-corrected chi connectivity index (χ3v) is 3.42. The fourth-order valence-corrected chi connectivity index (χ4v) is 2.17. The van der Waals surface area contributed by atoms with Crippen molar-refractivity contribution < 1.29 is 23.0 Å². The van der Waals surface area contributed by atoms with Crippen molar-refractivity contribution in [3.63, 3.8) is 0 Å². The third kappa shape index (κ3) is 5.22. The van der Waals surface area contributed by atoms with Gasteiger partial charge in [-0.2, -0.15) is 8.78 Å². The molecule has 24 heavy (non-hydrogen) atoms. The summed E-state index contributed by atoms with van der Waals surface area (Å²) in [5.41, 5.74) is 2.79. The Balaban J connectivity index is 1.93. The molecule has 0 bridgehead atoms. The Kier molecular flexibility index (Phi) is 6.12. The van der Waals surface area contributed by atoms with E-state index in [9.17, 15) is 13.6 Å². The van der Waals surface area contributed by atoms with Crippen LogP contribution in [0.1, 0.15) is 16.7 Å². The van der Waals surface area contributed by atoms with Gasteiger partial charge in [0.15, 0.2) is 11.5 Å². The highest BCUT2D eigenvalue weighted by molar-refractivity contribution is 5.78. The van der Waals surface area contributed by atoms with Crippen LogP contribution in [-0.2, 0) is 17.8 Å². The summed E-state index contributed by atoms with van der Waals surface area (Å²) in [7, 11) is 1.37. The Labute approximate surface area is 139 Å². The fourth-order valence-electron chi connectivity index (χ4n) is 2.17. The lowest BCUT2D eigenvalue weighted by atomic mass is 10.1. The molecule has 2 aromatic carbocycles. The second-order valence-corrected chi connectivity index (χ2v) is 5.30. The van der Waals surface area contributed by atoms with Crippen molar-refractivity contribution in [2.24, 2.45) is 0 Å². The third-order valence-electron chi connectivity index (χ3n) is 3.42. The van der Waals surface area contributed by atoms with Gasteiger partial charge in [-0.3, -0.25) is 4.79 Å². The quantitative estimate of drug-likeness (QED) is 0.843. The van der Waals surface area contributed by atoms with E-state index in [0.717, 1.165) is 16.7 Å².